The smallest absolute Gasteiger partial charge is 0.137 e. The number of rotatable bonds is 6. The number of fused-ring (bicyclic) bond motifs is 2. The van der Waals surface area contributed by atoms with E-state index in [1.807, 2.05) is 11.3 Å². The van der Waals surface area contributed by atoms with Gasteiger partial charge in [-0.3, -0.25) is 15.0 Å². The minimum absolute atomic E-state index is 0.0771. The number of likely N-dealkylation sites (tertiary alicyclic amines) is 1. The highest BCUT2D eigenvalue weighted by atomic mass is 32.1. The number of thiophene rings is 1. The van der Waals surface area contributed by atoms with E-state index in [0.29, 0.717) is 6.04 Å². The van der Waals surface area contributed by atoms with Gasteiger partial charge >= 0.3 is 0 Å². The van der Waals surface area contributed by atoms with E-state index < -0.39 is 0 Å². The molecule has 0 saturated carbocycles. The van der Waals surface area contributed by atoms with Gasteiger partial charge in [0.1, 0.15) is 12.2 Å². The van der Waals surface area contributed by atoms with E-state index in [1.165, 1.54) is 16.1 Å². The maximum absolute atomic E-state index is 6.48. The van der Waals surface area contributed by atoms with Crippen molar-refractivity contribution < 1.29 is 4.74 Å². The average molecular weight is 430 g/mol. The van der Waals surface area contributed by atoms with Crippen molar-refractivity contribution in [3.63, 3.8) is 0 Å². The number of aryl methyl sites for hydroxylation is 1. The summed E-state index contributed by atoms with van der Waals surface area (Å²) in [5.41, 5.74) is 9.16. The van der Waals surface area contributed by atoms with Crippen molar-refractivity contribution in [3.05, 3.63) is 45.4 Å². The fourth-order valence-corrected chi connectivity index (χ4v) is 6.08. The van der Waals surface area contributed by atoms with Crippen LogP contribution in [0.3, 0.4) is 0 Å². The van der Waals surface area contributed by atoms with Crippen LogP contribution in [0.15, 0.2) is 24.3 Å². The van der Waals surface area contributed by atoms with Crippen LogP contribution in [0.2, 0.25) is 0 Å². The highest BCUT2D eigenvalue weighted by Gasteiger charge is 2.44. The summed E-state index contributed by atoms with van der Waals surface area (Å²) in [5.74, 6) is 0.903. The molecule has 0 aliphatic carbocycles. The second kappa shape index (κ2) is 8.30. The van der Waals surface area contributed by atoms with Crippen molar-refractivity contribution in [1.82, 2.24) is 36.1 Å². The molecular formula is C21H31N7OS. The number of hydrogen-bond acceptors (Lipinski definition) is 8. The van der Waals surface area contributed by atoms with Crippen LogP contribution in [0.5, 0.6) is 0 Å². The Hall–Kier alpha value is -1.94. The van der Waals surface area contributed by atoms with Crippen LogP contribution >= 0.6 is 11.3 Å². The topological polar surface area (TPSA) is 81.3 Å². The lowest BCUT2D eigenvalue weighted by Crippen LogP contribution is -2.51. The van der Waals surface area contributed by atoms with Gasteiger partial charge in [0, 0.05) is 54.5 Å². The van der Waals surface area contributed by atoms with E-state index >= 15 is 0 Å². The molecule has 0 bridgehead atoms. The largest absolute Gasteiger partial charge is 0.370 e. The van der Waals surface area contributed by atoms with Crippen LogP contribution < -0.4 is 11.0 Å². The number of aromatic nitrogens is 3. The van der Waals surface area contributed by atoms with E-state index in [0.717, 1.165) is 64.2 Å². The summed E-state index contributed by atoms with van der Waals surface area (Å²) in [5, 5.41) is 8.88. The maximum atomic E-state index is 6.48. The molecule has 0 amide bonds. The first kappa shape index (κ1) is 20.0. The monoisotopic (exact) mass is 429 g/mol. The Kier molecular flexibility index (Phi) is 5.53. The molecule has 1 fully saturated rings. The third kappa shape index (κ3) is 3.87. The highest BCUT2D eigenvalue weighted by molar-refractivity contribution is 7.12. The van der Waals surface area contributed by atoms with Crippen molar-refractivity contribution in [3.8, 4) is 0 Å². The molecule has 0 unspecified atom stereocenters. The molecule has 2 aromatic heterocycles. The van der Waals surface area contributed by atoms with Gasteiger partial charge in [-0.05, 0) is 37.8 Å². The molecule has 3 N–H and O–H groups in total. The summed E-state index contributed by atoms with van der Waals surface area (Å²) in [6.45, 7) is 8.26. The number of ether oxygens (including phenoxy) is 1. The van der Waals surface area contributed by atoms with Crippen LogP contribution in [0, 0.1) is 0 Å². The first-order valence-corrected chi connectivity index (χ1v) is 11.8. The number of nitrogens with one attached hydrogen (secondary N) is 3. The second-order valence-electron chi connectivity index (χ2n) is 8.54. The van der Waals surface area contributed by atoms with Crippen LogP contribution in [0.25, 0.3) is 0 Å². The quantitative estimate of drug-likeness (QED) is 0.649. The normalized spacial score (nSPS) is 26.7. The van der Waals surface area contributed by atoms with Crippen molar-refractivity contribution in [2.75, 3.05) is 26.2 Å². The van der Waals surface area contributed by atoms with Gasteiger partial charge in [0.25, 0.3) is 0 Å². The van der Waals surface area contributed by atoms with E-state index in [4.69, 9.17) is 4.74 Å². The summed E-state index contributed by atoms with van der Waals surface area (Å²) in [4.78, 5) is 9.81. The lowest BCUT2D eigenvalue weighted by Gasteiger charge is -2.47. The van der Waals surface area contributed by atoms with E-state index in [2.05, 4.69) is 62.2 Å². The van der Waals surface area contributed by atoms with E-state index in [1.54, 1.807) is 11.2 Å². The van der Waals surface area contributed by atoms with Gasteiger partial charge in [0.2, 0.25) is 0 Å². The fraction of sp³-hybridized carbons (Fsp3) is 0.619. The molecule has 2 atom stereocenters. The number of H-pyrrole nitrogens is 1. The Balaban J connectivity index is 1.20. The van der Waals surface area contributed by atoms with Crippen LogP contribution in [0.1, 0.15) is 47.8 Å². The number of piperidine rings is 1. The third-order valence-corrected chi connectivity index (χ3v) is 7.90. The van der Waals surface area contributed by atoms with Gasteiger partial charge in [-0.1, -0.05) is 6.92 Å². The Morgan fingerprint density at radius 3 is 3.13 bits per heavy atom. The van der Waals surface area contributed by atoms with Gasteiger partial charge in [0.15, 0.2) is 0 Å². The van der Waals surface area contributed by atoms with Crippen molar-refractivity contribution >= 4 is 11.3 Å². The summed E-state index contributed by atoms with van der Waals surface area (Å²) in [6, 6.07) is 2.90. The molecule has 3 aliphatic heterocycles. The van der Waals surface area contributed by atoms with E-state index in [9.17, 15) is 0 Å². The number of hydrazine groups is 2. The molecule has 8 nitrogen and oxygen atoms in total. The summed E-state index contributed by atoms with van der Waals surface area (Å²) in [6.07, 6.45) is 8.86. The first-order chi connectivity index (χ1) is 14.6. The van der Waals surface area contributed by atoms with Gasteiger partial charge in [-0.15, -0.1) is 16.9 Å². The number of aromatic amines is 1. The van der Waals surface area contributed by atoms with Gasteiger partial charge in [-0.25, -0.2) is 4.98 Å². The molecule has 9 heteroatoms. The Morgan fingerprint density at radius 2 is 2.33 bits per heavy atom. The minimum Gasteiger partial charge on any atom is -0.370 e. The Morgan fingerprint density at radius 1 is 1.40 bits per heavy atom. The molecule has 30 heavy (non-hydrogen) atoms. The first-order valence-electron chi connectivity index (χ1n) is 11.0. The zero-order valence-corrected chi connectivity index (χ0v) is 18.6. The highest BCUT2D eigenvalue weighted by Crippen LogP contribution is 2.46. The molecule has 2 aromatic rings. The Labute approximate surface area is 181 Å². The predicted molar refractivity (Wildman–Crippen MR) is 116 cm³/mol. The molecule has 1 saturated heterocycles. The third-order valence-electron chi connectivity index (χ3n) is 6.56. The molecular weight excluding hydrogens is 398 g/mol. The zero-order chi connectivity index (χ0) is 20.6. The SMILES string of the molecule is CCc1cc2c(s1)CCO[C@@]21CCN(CC2=CN(CCc3ncn[nH]3)NN2)[C@@H](C)C1. The van der Waals surface area contributed by atoms with Gasteiger partial charge in [0.05, 0.1) is 17.9 Å². The summed E-state index contributed by atoms with van der Waals surface area (Å²) >= 11 is 2.00. The summed E-state index contributed by atoms with van der Waals surface area (Å²) in [7, 11) is 0. The predicted octanol–water partition coefficient (Wildman–Crippen LogP) is 2.09. The fourth-order valence-electron chi connectivity index (χ4n) is 4.90. The molecule has 0 radical (unpaired) electrons. The molecule has 5 heterocycles. The molecule has 3 aliphatic rings. The standard InChI is InChI=1S/C21H31N7OS/c1-3-17-10-18-19(30-17)5-9-29-21(18)6-8-27(15(2)11-21)12-16-13-28(26-24-16)7-4-20-22-14-23-25-20/h10,13-15,24,26H,3-9,11-12H2,1-2H3,(H,22,23,25)/t15-,21+/m0/s1. The summed E-state index contributed by atoms with van der Waals surface area (Å²) < 4.78 is 6.48. The Bertz CT molecular complexity index is 895. The molecule has 1 spiro atoms. The second-order valence-corrected chi connectivity index (χ2v) is 9.76. The molecule has 5 rings (SSSR count). The molecule has 0 aromatic carbocycles. The van der Waals surface area contributed by atoms with Crippen LogP contribution in [0.4, 0.5) is 0 Å². The van der Waals surface area contributed by atoms with Crippen LogP contribution in [-0.4, -0.2) is 57.4 Å². The van der Waals surface area contributed by atoms with Crippen LogP contribution in [-0.2, 0) is 29.6 Å². The zero-order valence-electron chi connectivity index (χ0n) is 17.8. The maximum Gasteiger partial charge on any atom is 0.137 e. The average Bonchev–Trinajstić information content (AvgIpc) is 3.50. The van der Waals surface area contributed by atoms with Gasteiger partial charge < -0.3 is 10.2 Å². The van der Waals surface area contributed by atoms with Gasteiger partial charge in [-0.2, -0.15) is 5.10 Å². The lowest BCUT2D eigenvalue weighted by molar-refractivity contribution is -0.109. The van der Waals surface area contributed by atoms with Crippen molar-refractivity contribution in [1.29, 1.82) is 0 Å². The van der Waals surface area contributed by atoms with Crippen molar-refractivity contribution in [2.24, 2.45) is 0 Å². The number of nitrogens with zero attached hydrogens (tertiary/aromatic N) is 4. The number of hydrogen-bond donors (Lipinski definition) is 3. The van der Waals surface area contributed by atoms with Crippen molar-refractivity contribution in [2.45, 2.75) is 57.6 Å². The minimum atomic E-state index is -0.0771. The van der Waals surface area contributed by atoms with E-state index in [-0.39, 0.29) is 5.60 Å². The lowest BCUT2D eigenvalue weighted by atomic mass is 9.79. The molecule has 162 valence electrons.